The standard InChI is InChI=1S/C20H21FN4OS/c1-24(2)13-15-6-4-3-5-14(15)11-22-19(26)18-12-23-20(27)25(18)17-9-7-16(21)8-10-17/h3-10,12H,11,13H2,1-2H3,(H,22,26)(H,23,27). The number of rotatable bonds is 6. The molecule has 0 fully saturated rings. The summed E-state index contributed by atoms with van der Waals surface area (Å²) in [5.41, 5.74) is 3.21. The Balaban J connectivity index is 1.81. The second-order valence-electron chi connectivity index (χ2n) is 6.48. The SMILES string of the molecule is CN(C)Cc1ccccc1CNC(=O)c1c[nH]c(=S)n1-c1ccc(F)cc1. The Morgan fingerprint density at radius 1 is 1.15 bits per heavy atom. The molecule has 3 aromatic rings. The highest BCUT2D eigenvalue weighted by Crippen LogP contribution is 2.15. The molecule has 0 bridgehead atoms. The predicted molar refractivity (Wildman–Crippen MR) is 106 cm³/mol. The van der Waals surface area contributed by atoms with Gasteiger partial charge in [-0.25, -0.2) is 4.39 Å². The Labute approximate surface area is 162 Å². The maximum Gasteiger partial charge on any atom is 0.270 e. The first-order valence-corrected chi connectivity index (χ1v) is 8.92. The summed E-state index contributed by atoms with van der Waals surface area (Å²) in [5, 5.41) is 2.95. The van der Waals surface area contributed by atoms with Crippen LogP contribution in [0.3, 0.4) is 0 Å². The molecule has 1 amide bonds. The van der Waals surface area contributed by atoms with Gasteiger partial charge >= 0.3 is 0 Å². The van der Waals surface area contributed by atoms with Crippen LogP contribution in [0.2, 0.25) is 0 Å². The van der Waals surface area contributed by atoms with Crippen LogP contribution in [-0.2, 0) is 13.1 Å². The number of hydrogen-bond donors (Lipinski definition) is 2. The topological polar surface area (TPSA) is 53.1 Å². The number of aromatic amines is 1. The lowest BCUT2D eigenvalue weighted by Gasteiger charge is -2.15. The molecule has 3 rings (SSSR count). The minimum Gasteiger partial charge on any atom is -0.347 e. The largest absolute Gasteiger partial charge is 0.347 e. The summed E-state index contributed by atoms with van der Waals surface area (Å²) in [5.74, 6) is -0.601. The van der Waals surface area contributed by atoms with E-state index >= 15 is 0 Å². The van der Waals surface area contributed by atoms with E-state index in [0.717, 1.165) is 17.7 Å². The maximum atomic E-state index is 13.2. The fraction of sp³-hybridized carbons (Fsp3) is 0.200. The van der Waals surface area contributed by atoms with Gasteiger partial charge in [-0.15, -0.1) is 0 Å². The van der Waals surface area contributed by atoms with E-state index in [1.807, 2.05) is 32.3 Å². The summed E-state index contributed by atoms with van der Waals surface area (Å²) in [7, 11) is 4.01. The van der Waals surface area contributed by atoms with Crippen molar-refractivity contribution in [2.24, 2.45) is 0 Å². The lowest BCUT2D eigenvalue weighted by Crippen LogP contribution is -2.26. The van der Waals surface area contributed by atoms with Gasteiger partial charge < -0.3 is 15.2 Å². The van der Waals surface area contributed by atoms with E-state index in [-0.39, 0.29) is 11.7 Å². The Morgan fingerprint density at radius 3 is 2.48 bits per heavy atom. The van der Waals surface area contributed by atoms with E-state index in [1.54, 1.807) is 22.9 Å². The number of imidazole rings is 1. The highest BCUT2D eigenvalue weighted by molar-refractivity contribution is 7.71. The van der Waals surface area contributed by atoms with Crippen molar-refractivity contribution in [1.29, 1.82) is 0 Å². The average Bonchev–Trinajstić information content (AvgIpc) is 3.02. The van der Waals surface area contributed by atoms with Crippen LogP contribution in [0, 0.1) is 10.6 Å². The molecule has 0 saturated heterocycles. The van der Waals surface area contributed by atoms with E-state index < -0.39 is 0 Å². The van der Waals surface area contributed by atoms with Crippen LogP contribution in [0.25, 0.3) is 5.69 Å². The number of H-pyrrole nitrogens is 1. The molecule has 5 nitrogen and oxygen atoms in total. The zero-order valence-electron chi connectivity index (χ0n) is 15.2. The Kier molecular flexibility index (Phi) is 5.83. The van der Waals surface area contributed by atoms with E-state index in [2.05, 4.69) is 21.3 Å². The Hall–Kier alpha value is -2.77. The van der Waals surface area contributed by atoms with E-state index in [4.69, 9.17) is 12.2 Å². The summed E-state index contributed by atoms with van der Waals surface area (Å²) >= 11 is 5.28. The number of carbonyl (C=O) groups excluding carboxylic acids is 1. The molecule has 0 unspecified atom stereocenters. The molecule has 1 aromatic heterocycles. The van der Waals surface area contributed by atoms with Gasteiger partial charge in [0.15, 0.2) is 4.77 Å². The van der Waals surface area contributed by atoms with Crippen LogP contribution in [0.15, 0.2) is 54.7 Å². The van der Waals surface area contributed by atoms with Crippen LogP contribution < -0.4 is 5.32 Å². The quantitative estimate of drug-likeness (QED) is 0.638. The van der Waals surface area contributed by atoms with Gasteiger partial charge in [0.2, 0.25) is 0 Å². The van der Waals surface area contributed by atoms with Gasteiger partial charge in [-0.05, 0) is 61.7 Å². The zero-order chi connectivity index (χ0) is 19.4. The molecule has 140 valence electrons. The second-order valence-corrected chi connectivity index (χ2v) is 6.87. The molecule has 0 aliphatic carbocycles. The Morgan fingerprint density at radius 2 is 1.81 bits per heavy atom. The normalized spacial score (nSPS) is 11.0. The van der Waals surface area contributed by atoms with E-state index in [1.165, 1.54) is 12.1 Å². The summed E-state index contributed by atoms with van der Waals surface area (Å²) in [6, 6.07) is 13.8. The first-order chi connectivity index (χ1) is 13.0. The third kappa shape index (κ3) is 4.50. The van der Waals surface area contributed by atoms with Gasteiger partial charge in [0, 0.05) is 25.0 Å². The number of amides is 1. The summed E-state index contributed by atoms with van der Waals surface area (Å²) in [4.78, 5) is 17.7. The number of aromatic nitrogens is 2. The molecule has 0 atom stereocenters. The van der Waals surface area contributed by atoms with Crippen molar-refractivity contribution in [3.05, 3.63) is 82.1 Å². The number of carbonyl (C=O) groups is 1. The van der Waals surface area contributed by atoms with Gasteiger partial charge in [0.1, 0.15) is 11.5 Å². The van der Waals surface area contributed by atoms with Gasteiger partial charge in [0.25, 0.3) is 5.91 Å². The second kappa shape index (κ2) is 8.28. The van der Waals surface area contributed by atoms with Crippen molar-refractivity contribution in [2.75, 3.05) is 14.1 Å². The van der Waals surface area contributed by atoms with Gasteiger partial charge in [-0.2, -0.15) is 0 Å². The average molecular weight is 384 g/mol. The number of nitrogens with zero attached hydrogens (tertiary/aromatic N) is 2. The van der Waals surface area contributed by atoms with Crippen molar-refractivity contribution < 1.29 is 9.18 Å². The lowest BCUT2D eigenvalue weighted by atomic mass is 10.1. The summed E-state index contributed by atoms with van der Waals surface area (Å²) < 4.78 is 15.2. The van der Waals surface area contributed by atoms with E-state index in [9.17, 15) is 9.18 Å². The predicted octanol–water partition coefficient (Wildman–Crippen LogP) is 3.67. The molecular formula is C20H21FN4OS. The van der Waals surface area contributed by atoms with Crippen molar-refractivity contribution in [1.82, 2.24) is 19.8 Å². The number of halogens is 1. The number of nitrogens with one attached hydrogen (secondary N) is 2. The molecule has 0 aliphatic heterocycles. The molecular weight excluding hydrogens is 363 g/mol. The van der Waals surface area contributed by atoms with E-state index in [0.29, 0.717) is 22.7 Å². The fourth-order valence-corrected chi connectivity index (χ4v) is 3.14. The number of benzene rings is 2. The maximum absolute atomic E-state index is 13.2. The molecule has 2 aromatic carbocycles. The Bertz CT molecular complexity index is 992. The lowest BCUT2D eigenvalue weighted by molar-refractivity contribution is 0.0944. The molecule has 1 heterocycles. The summed E-state index contributed by atoms with van der Waals surface area (Å²) in [6.45, 7) is 1.20. The molecule has 27 heavy (non-hydrogen) atoms. The molecule has 0 saturated carbocycles. The number of hydrogen-bond acceptors (Lipinski definition) is 3. The van der Waals surface area contributed by atoms with Crippen LogP contribution in [-0.4, -0.2) is 34.5 Å². The first-order valence-electron chi connectivity index (χ1n) is 8.52. The van der Waals surface area contributed by atoms with Crippen molar-refractivity contribution in [3.63, 3.8) is 0 Å². The molecule has 0 spiro atoms. The molecule has 7 heteroatoms. The van der Waals surface area contributed by atoms with Crippen LogP contribution in [0.4, 0.5) is 4.39 Å². The fourth-order valence-electron chi connectivity index (χ4n) is 2.87. The highest BCUT2D eigenvalue weighted by atomic mass is 32.1. The third-order valence-corrected chi connectivity index (χ3v) is 4.44. The van der Waals surface area contributed by atoms with Crippen LogP contribution in [0.1, 0.15) is 21.6 Å². The minimum atomic E-state index is -0.343. The van der Waals surface area contributed by atoms with Crippen LogP contribution in [0.5, 0.6) is 0 Å². The molecule has 0 aliphatic rings. The van der Waals surface area contributed by atoms with Crippen molar-refractivity contribution in [2.45, 2.75) is 13.1 Å². The van der Waals surface area contributed by atoms with Crippen LogP contribution >= 0.6 is 12.2 Å². The molecule has 2 N–H and O–H groups in total. The smallest absolute Gasteiger partial charge is 0.270 e. The monoisotopic (exact) mass is 384 g/mol. The van der Waals surface area contributed by atoms with Crippen molar-refractivity contribution >= 4 is 18.1 Å². The third-order valence-electron chi connectivity index (χ3n) is 4.14. The van der Waals surface area contributed by atoms with Crippen molar-refractivity contribution in [3.8, 4) is 5.69 Å². The molecule has 0 radical (unpaired) electrons. The first kappa shape index (κ1) is 19.0. The summed E-state index contributed by atoms with van der Waals surface area (Å²) in [6.07, 6.45) is 1.56. The minimum absolute atomic E-state index is 0.258. The highest BCUT2D eigenvalue weighted by Gasteiger charge is 2.15. The van der Waals surface area contributed by atoms with Gasteiger partial charge in [-0.1, -0.05) is 24.3 Å². The van der Waals surface area contributed by atoms with Gasteiger partial charge in [-0.3, -0.25) is 9.36 Å². The van der Waals surface area contributed by atoms with Gasteiger partial charge in [0.05, 0.1) is 0 Å². The zero-order valence-corrected chi connectivity index (χ0v) is 16.0.